The SMILES string of the molecule is O=[N+]([O-])c1cc2c(cc1[N+](=O)[O-])CNCC2. The molecule has 0 bridgehead atoms. The molecule has 16 heavy (non-hydrogen) atoms. The predicted octanol–water partition coefficient (Wildman–Crippen LogP) is 1.15. The Hall–Kier alpha value is -2.02. The summed E-state index contributed by atoms with van der Waals surface area (Å²) in [7, 11) is 0. The molecule has 0 saturated carbocycles. The minimum Gasteiger partial charge on any atom is -0.312 e. The lowest BCUT2D eigenvalue weighted by Crippen LogP contribution is -2.23. The zero-order valence-corrected chi connectivity index (χ0v) is 8.30. The Labute approximate surface area is 90.4 Å². The molecule has 1 aliphatic rings. The Morgan fingerprint density at radius 2 is 1.62 bits per heavy atom. The first-order valence-electron chi connectivity index (χ1n) is 4.75. The maximum absolute atomic E-state index is 10.7. The molecular weight excluding hydrogens is 214 g/mol. The van der Waals surface area contributed by atoms with Crippen LogP contribution in [0.3, 0.4) is 0 Å². The summed E-state index contributed by atoms with van der Waals surface area (Å²) >= 11 is 0. The number of nitro groups is 2. The number of nitrogens with zero attached hydrogens (tertiary/aromatic N) is 2. The maximum atomic E-state index is 10.7. The van der Waals surface area contributed by atoms with Crippen LogP contribution in [0.2, 0.25) is 0 Å². The lowest BCUT2D eigenvalue weighted by atomic mass is 9.99. The largest absolute Gasteiger partial charge is 0.346 e. The minimum absolute atomic E-state index is 0.425. The van der Waals surface area contributed by atoms with Gasteiger partial charge >= 0.3 is 11.4 Å². The van der Waals surface area contributed by atoms with Gasteiger partial charge in [0.15, 0.2) is 0 Å². The van der Waals surface area contributed by atoms with Crippen molar-refractivity contribution in [3.8, 4) is 0 Å². The minimum atomic E-state index is -0.715. The molecule has 0 saturated heterocycles. The maximum Gasteiger partial charge on any atom is 0.346 e. The summed E-state index contributed by atoms with van der Waals surface area (Å²) in [6.45, 7) is 1.26. The molecule has 7 nitrogen and oxygen atoms in total. The van der Waals surface area contributed by atoms with E-state index in [0.29, 0.717) is 13.0 Å². The fourth-order valence-corrected chi connectivity index (χ4v) is 1.80. The van der Waals surface area contributed by atoms with Crippen LogP contribution in [0.25, 0.3) is 0 Å². The van der Waals surface area contributed by atoms with Crippen LogP contribution in [0.15, 0.2) is 12.1 Å². The molecule has 0 aliphatic carbocycles. The van der Waals surface area contributed by atoms with Gasteiger partial charge in [0.1, 0.15) is 0 Å². The van der Waals surface area contributed by atoms with E-state index in [9.17, 15) is 20.2 Å². The third kappa shape index (κ3) is 1.72. The van der Waals surface area contributed by atoms with Gasteiger partial charge in [0.05, 0.1) is 9.85 Å². The number of nitrogens with one attached hydrogen (secondary N) is 1. The second kappa shape index (κ2) is 3.86. The molecule has 1 heterocycles. The van der Waals surface area contributed by atoms with Gasteiger partial charge in [0.25, 0.3) is 0 Å². The summed E-state index contributed by atoms with van der Waals surface area (Å²) in [6.07, 6.45) is 0.661. The van der Waals surface area contributed by atoms with Gasteiger partial charge in [-0.25, -0.2) is 0 Å². The van der Waals surface area contributed by atoms with Crippen molar-refractivity contribution >= 4 is 11.4 Å². The van der Waals surface area contributed by atoms with Gasteiger partial charge in [-0.3, -0.25) is 20.2 Å². The Kier molecular flexibility index (Phi) is 2.53. The molecule has 84 valence electrons. The van der Waals surface area contributed by atoms with Crippen molar-refractivity contribution in [3.05, 3.63) is 43.5 Å². The quantitative estimate of drug-likeness (QED) is 0.598. The average Bonchev–Trinajstić information content (AvgIpc) is 2.27. The summed E-state index contributed by atoms with van der Waals surface area (Å²) in [6, 6.07) is 2.61. The highest BCUT2D eigenvalue weighted by Gasteiger charge is 2.27. The molecule has 7 heteroatoms. The Bertz CT molecular complexity index is 429. The molecule has 0 radical (unpaired) electrons. The first kappa shape index (κ1) is 10.5. The second-order valence-electron chi connectivity index (χ2n) is 3.55. The molecule has 0 fully saturated rings. The monoisotopic (exact) mass is 223 g/mol. The van der Waals surface area contributed by atoms with E-state index in [2.05, 4.69) is 5.32 Å². The lowest BCUT2D eigenvalue weighted by molar-refractivity contribution is -0.422. The molecule has 0 atom stereocenters. The topological polar surface area (TPSA) is 98.3 Å². The molecule has 1 aromatic rings. The molecule has 2 rings (SSSR count). The highest BCUT2D eigenvalue weighted by molar-refractivity contribution is 5.57. The molecular formula is C9H9N3O4. The van der Waals surface area contributed by atoms with Gasteiger partial charge in [-0.05, 0) is 24.1 Å². The van der Waals surface area contributed by atoms with Crippen molar-refractivity contribution in [2.24, 2.45) is 0 Å². The molecule has 0 spiro atoms. The summed E-state index contributed by atoms with van der Waals surface area (Å²) in [5.74, 6) is 0. The second-order valence-corrected chi connectivity index (χ2v) is 3.55. The fraction of sp³-hybridized carbons (Fsp3) is 0.333. The highest BCUT2D eigenvalue weighted by atomic mass is 16.6. The van der Waals surface area contributed by atoms with Gasteiger partial charge in [-0.1, -0.05) is 0 Å². The fourth-order valence-electron chi connectivity index (χ4n) is 1.80. The van der Waals surface area contributed by atoms with Crippen molar-refractivity contribution in [1.29, 1.82) is 0 Å². The Morgan fingerprint density at radius 3 is 2.19 bits per heavy atom. The molecule has 1 aliphatic heterocycles. The number of hydrogen-bond acceptors (Lipinski definition) is 5. The summed E-state index contributed by atoms with van der Waals surface area (Å²) in [5, 5.41) is 24.5. The predicted molar refractivity (Wildman–Crippen MR) is 55.2 cm³/mol. The summed E-state index contributed by atoms with van der Waals surface area (Å²) in [4.78, 5) is 20.0. The molecule has 0 amide bonds. The van der Waals surface area contributed by atoms with Crippen LogP contribution in [-0.2, 0) is 13.0 Å². The summed E-state index contributed by atoms with van der Waals surface area (Å²) in [5.41, 5.74) is 0.720. The standard InChI is InChI=1S/C9H9N3O4/c13-11(14)8-3-6-1-2-10-5-7(6)4-9(8)12(15)16/h3-4,10H,1-2,5H2. The highest BCUT2D eigenvalue weighted by Crippen LogP contribution is 2.31. The number of fused-ring (bicyclic) bond motifs is 1. The van der Waals surface area contributed by atoms with Crippen LogP contribution in [0, 0.1) is 20.2 Å². The number of nitro benzene ring substituents is 2. The van der Waals surface area contributed by atoms with Crippen molar-refractivity contribution in [2.75, 3.05) is 6.54 Å². The van der Waals surface area contributed by atoms with Crippen molar-refractivity contribution in [2.45, 2.75) is 13.0 Å². The van der Waals surface area contributed by atoms with Crippen LogP contribution in [0.4, 0.5) is 11.4 Å². The van der Waals surface area contributed by atoms with Crippen LogP contribution >= 0.6 is 0 Å². The molecule has 1 aromatic carbocycles. The van der Waals surface area contributed by atoms with Crippen molar-refractivity contribution < 1.29 is 9.85 Å². The zero-order chi connectivity index (χ0) is 11.7. The number of hydrogen-bond donors (Lipinski definition) is 1. The summed E-state index contributed by atoms with van der Waals surface area (Å²) < 4.78 is 0. The molecule has 0 aromatic heterocycles. The first-order chi connectivity index (χ1) is 7.59. The third-order valence-corrected chi connectivity index (χ3v) is 2.58. The van der Waals surface area contributed by atoms with Crippen molar-refractivity contribution in [1.82, 2.24) is 5.32 Å². The average molecular weight is 223 g/mol. The van der Waals surface area contributed by atoms with Gasteiger partial charge in [0.2, 0.25) is 0 Å². The van der Waals surface area contributed by atoms with E-state index in [1.165, 1.54) is 12.1 Å². The number of rotatable bonds is 2. The van der Waals surface area contributed by atoms with E-state index in [-0.39, 0.29) is 0 Å². The smallest absolute Gasteiger partial charge is 0.312 e. The van der Waals surface area contributed by atoms with Crippen molar-refractivity contribution in [3.63, 3.8) is 0 Å². The number of benzene rings is 1. The first-order valence-corrected chi connectivity index (χ1v) is 4.75. The molecule has 0 unspecified atom stereocenters. The van der Waals surface area contributed by atoms with E-state index in [1.807, 2.05) is 0 Å². The van der Waals surface area contributed by atoms with E-state index in [4.69, 9.17) is 0 Å². The van der Waals surface area contributed by atoms with E-state index >= 15 is 0 Å². The van der Waals surface area contributed by atoms with Crippen LogP contribution < -0.4 is 5.32 Å². The van der Waals surface area contributed by atoms with Crippen LogP contribution in [0.1, 0.15) is 11.1 Å². The Balaban J connectivity index is 2.59. The van der Waals surface area contributed by atoms with Gasteiger partial charge < -0.3 is 5.32 Å². The third-order valence-electron chi connectivity index (χ3n) is 2.58. The van der Waals surface area contributed by atoms with E-state index in [1.54, 1.807) is 0 Å². The Morgan fingerprint density at radius 1 is 1.06 bits per heavy atom. The zero-order valence-electron chi connectivity index (χ0n) is 8.30. The van der Waals surface area contributed by atoms with Crippen LogP contribution in [0.5, 0.6) is 0 Å². The molecule has 1 N–H and O–H groups in total. The van der Waals surface area contributed by atoms with Gasteiger partial charge in [-0.15, -0.1) is 0 Å². The van der Waals surface area contributed by atoms with E-state index in [0.717, 1.165) is 17.7 Å². The van der Waals surface area contributed by atoms with Gasteiger partial charge in [-0.2, -0.15) is 0 Å². The van der Waals surface area contributed by atoms with Crippen LogP contribution in [-0.4, -0.2) is 16.4 Å². The normalized spacial score (nSPS) is 14.2. The lowest BCUT2D eigenvalue weighted by Gasteiger charge is -2.16. The van der Waals surface area contributed by atoms with Gasteiger partial charge in [0, 0.05) is 18.7 Å². The van der Waals surface area contributed by atoms with E-state index < -0.39 is 21.2 Å².